The lowest BCUT2D eigenvalue weighted by atomic mass is 10.1. The molecule has 48 heavy (non-hydrogen) atoms. The fourth-order valence-electron chi connectivity index (χ4n) is 4.77. The molecule has 0 aliphatic carbocycles. The normalized spacial score (nSPS) is 11.2. The minimum atomic E-state index is -1.34. The molecule has 2 aromatic carbocycles. The van der Waals surface area contributed by atoms with Gasteiger partial charge in [-0.3, -0.25) is 4.57 Å². The van der Waals surface area contributed by atoms with Crippen molar-refractivity contribution in [1.29, 1.82) is 0 Å². The minimum absolute atomic E-state index is 0.167. The number of nitrogens with zero attached hydrogens (tertiary/aromatic N) is 3. The summed E-state index contributed by atoms with van der Waals surface area (Å²) < 4.78 is 35.1. The van der Waals surface area contributed by atoms with Gasteiger partial charge in [0, 0.05) is 40.3 Å². The second-order valence-corrected chi connectivity index (χ2v) is 10.3. The van der Waals surface area contributed by atoms with E-state index in [4.69, 9.17) is 44.4 Å². The molecular weight excluding hydrogens is 624 g/mol. The van der Waals surface area contributed by atoms with E-state index in [1.54, 1.807) is 6.20 Å². The van der Waals surface area contributed by atoms with Gasteiger partial charge in [-0.2, -0.15) is 0 Å². The Labute approximate surface area is 275 Å². The fraction of sp³-hybridized carbons (Fsp3) is 0.294. The first-order valence-electron chi connectivity index (χ1n) is 15.2. The number of carboxylic acids is 2. The highest BCUT2D eigenvalue weighted by molar-refractivity contribution is 6.02. The zero-order valence-electron chi connectivity index (χ0n) is 26.1. The second-order valence-electron chi connectivity index (χ2n) is 10.3. The SMILES string of the molecule is Nc1cccc2cnc(-n3ccc4cc(OCCOCCOCCOCCOCCOc5ccc(C(=O)O)c(C(=O)O)c5)ncc43)cc12. The third kappa shape index (κ3) is 9.17. The number of hydrogen-bond acceptors (Lipinski definition) is 11. The molecule has 0 unspecified atom stereocenters. The van der Waals surface area contributed by atoms with Crippen LogP contribution in [0.3, 0.4) is 0 Å². The third-order valence-electron chi connectivity index (χ3n) is 7.12. The van der Waals surface area contributed by atoms with Gasteiger partial charge in [-0.25, -0.2) is 19.6 Å². The molecular formula is C34H36N4O10. The van der Waals surface area contributed by atoms with Crippen molar-refractivity contribution in [3.63, 3.8) is 0 Å². The zero-order valence-corrected chi connectivity index (χ0v) is 26.1. The third-order valence-corrected chi connectivity index (χ3v) is 7.12. The molecule has 252 valence electrons. The van der Waals surface area contributed by atoms with Crippen LogP contribution in [0.25, 0.3) is 27.5 Å². The Morgan fingerprint density at radius 1 is 0.667 bits per heavy atom. The smallest absolute Gasteiger partial charge is 0.336 e. The Kier molecular flexibility index (Phi) is 12.1. The number of pyridine rings is 2. The van der Waals surface area contributed by atoms with Gasteiger partial charge < -0.3 is 44.4 Å². The van der Waals surface area contributed by atoms with Gasteiger partial charge in [0.15, 0.2) is 0 Å². The van der Waals surface area contributed by atoms with Crippen molar-refractivity contribution < 1.29 is 48.2 Å². The van der Waals surface area contributed by atoms with Crippen LogP contribution in [-0.4, -0.2) is 103 Å². The molecule has 0 atom stereocenters. The molecule has 14 heteroatoms. The van der Waals surface area contributed by atoms with Crippen LogP contribution in [0.5, 0.6) is 11.6 Å². The van der Waals surface area contributed by atoms with Crippen LogP contribution < -0.4 is 15.2 Å². The van der Waals surface area contributed by atoms with E-state index in [-0.39, 0.29) is 30.1 Å². The summed E-state index contributed by atoms with van der Waals surface area (Å²) in [6.45, 7) is 3.51. The molecule has 5 rings (SSSR count). The highest BCUT2D eigenvalue weighted by atomic mass is 16.6. The maximum atomic E-state index is 11.2. The number of carboxylic acid groups (broad SMARTS) is 2. The molecule has 0 bridgehead atoms. The van der Waals surface area contributed by atoms with Crippen LogP contribution in [0.1, 0.15) is 20.7 Å². The molecule has 4 N–H and O–H groups in total. The molecule has 14 nitrogen and oxygen atoms in total. The number of anilines is 1. The lowest BCUT2D eigenvalue weighted by molar-refractivity contribution is -0.00709. The van der Waals surface area contributed by atoms with E-state index in [0.29, 0.717) is 64.4 Å². The number of rotatable bonds is 20. The Morgan fingerprint density at radius 2 is 1.31 bits per heavy atom. The Morgan fingerprint density at radius 3 is 1.98 bits per heavy atom. The van der Waals surface area contributed by atoms with E-state index < -0.39 is 11.9 Å². The Balaban J connectivity index is 0.875. The number of ether oxygens (including phenoxy) is 6. The van der Waals surface area contributed by atoms with E-state index in [9.17, 15) is 9.59 Å². The predicted molar refractivity (Wildman–Crippen MR) is 175 cm³/mol. The predicted octanol–water partition coefficient (Wildman–Crippen LogP) is 4.08. The summed E-state index contributed by atoms with van der Waals surface area (Å²) >= 11 is 0. The molecule has 5 aromatic rings. The molecule has 0 spiro atoms. The van der Waals surface area contributed by atoms with E-state index in [0.717, 1.165) is 27.5 Å². The van der Waals surface area contributed by atoms with E-state index in [1.165, 1.54) is 18.2 Å². The van der Waals surface area contributed by atoms with Crippen molar-refractivity contribution in [3.05, 3.63) is 84.3 Å². The number of carbonyl (C=O) groups is 2. The van der Waals surface area contributed by atoms with Gasteiger partial charge >= 0.3 is 11.9 Å². The number of nitrogens with two attached hydrogens (primary N) is 1. The van der Waals surface area contributed by atoms with Crippen LogP contribution in [0.4, 0.5) is 5.69 Å². The van der Waals surface area contributed by atoms with Crippen LogP contribution in [0.15, 0.2) is 73.2 Å². The van der Waals surface area contributed by atoms with Crippen LogP contribution >= 0.6 is 0 Å². The second kappa shape index (κ2) is 17.0. The molecule has 3 heterocycles. The number of aromatic nitrogens is 3. The lowest BCUT2D eigenvalue weighted by Crippen LogP contribution is -2.15. The first-order valence-corrected chi connectivity index (χ1v) is 15.2. The number of fused-ring (bicyclic) bond motifs is 2. The summed E-state index contributed by atoms with van der Waals surface area (Å²) in [5.41, 5.74) is 7.12. The summed E-state index contributed by atoms with van der Waals surface area (Å²) in [6, 6.07) is 15.4. The van der Waals surface area contributed by atoms with Gasteiger partial charge in [0.1, 0.15) is 24.8 Å². The van der Waals surface area contributed by atoms with E-state index >= 15 is 0 Å². The molecule has 0 saturated heterocycles. The first-order chi connectivity index (χ1) is 23.4. The summed E-state index contributed by atoms with van der Waals surface area (Å²) in [7, 11) is 0. The fourth-order valence-corrected chi connectivity index (χ4v) is 4.77. The molecule has 0 amide bonds. The largest absolute Gasteiger partial charge is 0.491 e. The van der Waals surface area contributed by atoms with Crippen molar-refractivity contribution in [3.8, 4) is 17.4 Å². The van der Waals surface area contributed by atoms with Crippen molar-refractivity contribution in [2.75, 3.05) is 71.8 Å². The number of nitrogen functional groups attached to an aromatic ring is 1. The zero-order chi connectivity index (χ0) is 33.7. The monoisotopic (exact) mass is 660 g/mol. The van der Waals surface area contributed by atoms with Crippen molar-refractivity contribution in [2.45, 2.75) is 0 Å². The summed E-state index contributed by atoms with van der Waals surface area (Å²) in [6.07, 6.45) is 5.52. The number of aromatic carboxylic acids is 2. The average Bonchev–Trinajstić information content (AvgIpc) is 3.51. The maximum Gasteiger partial charge on any atom is 0.336 e. The van der Waals surface area contributed by atoms with Crippen LogP contribution in [0, 0.1) is 0 Å². The maximum absolute atomic E-state index is 11.2. The quantitative estimate of drug-likeness (QED) is 0.0802. The van der Waals surface area contributed by atoms with Gasteiger partial charge in [0.25, 0.3) is 0 Å². The molecule has 0 aliphatic rings. The average molecular weight is 661 g/mol. The van der Waals surface area contributed by atoms with Crippen molar-refractivity contribution in [2.24, 2.45) is 0 Å². The highest BCUT2D eigenvalue weighted by Gasteiger charge is 2.17. The van der Waals surface area contributed by atoms with Gasteiger partial charge in [0.2, 0.25) is 5.88 Å². The summed E-state index contributed by atoms with van der Waals surface area (Å²) in [4.78, 5) is 31.4. The van der Waals surface area contributed by atoms with Gasteiger partial charge in [-0.1, -0.05) is 12.1 Å². The highest BCUT2D eigenvalue weighted by Crippen LogP contribution is 2.26. The summed E-state index contributed by atoms with van der Waals surface area (Å²) in [5.74, 6) is -1.15. The van der Waals surface area contributed by atoms with Gasteiger partial charge in [0.05, 0.1) is 75.7 Å². The van der Waals surface area contributed by atoms with E-state index in [2.05, 4.69) is 9.97 Å². The molecule has 0 aliphatic heterocycles. The van der Waals surface area contributed by atoms with Crippen molar-refractivity contribution in [1.82, 2.24) is 14.5 Å². The number of benzene rings is 2. The van der Waals surface area contributed by atoms with Gasteiger partial charge in [-0.15, -0.1) is 0 Å². The Hall–Kier alpha value is -5.28. The van der Waals surface area contributed by atoms with Crippen LogP contribution in [0.2, 0.25) is 0 Å². The summed E-state index contributed by atoms with van der Waals surface area (Å²) in [5, 5.41) is 21.1. The number of hydrogen-bond donors (Lipinski definition) is 3. The van der Waals surface area contributed by atoms with Gasteiger partial charge in [-0.05, 0) is 36.4 Å². The Bertz CT molecular complexity index is 1840. The topological polar surface area (TPSA) is 187 Å². The van der Waals surface area contributed by atoms with Crippen molar-refractivity contribution >= 4 is 39.3 Å². The van der Waals surface area contributed by atoms with Crippen LogP contribution in [-0.2, 0) is 18.9 Å². The molecule has 0 fully saturated rings. The first kappa shape index (κ1) is 34.1. The lowest BCUT2D eigenvalue weighted by Gasteiger charge is -2.10. The van der Waals surface area contributed by atoms with E-state index in [1.807, 2.05) is 53.4 Å². The standard InChI is InChI=1S/C34H36N4O10/c35-29-3-1-2-24-21-36-31(20-27(24)29)38-7-6-23-18-32(37-22-30(23)38)48-17-15-46-13-11-44-9-8-43-10-12-45-14-16-47-25-4-5-26(33(39)40)28(19-25)34(41)42/h1-7,18-22H,8-17,35H2,(H,39,40)(H,41,42). The molecule has 3 aromatic heterocycles. The molecule has 0 radical (unpaired) electrons. The minimum Gasteiger partial charge on any atom is -0.491 e. The molecule has 0 saturated carbocycles.